The van der Waals surface area contributed by atoms with Crippen molar-refractivity contribution < 1.29 is 0 Å². The molecule has 0 amide bonds. The molecule has 1 saturated carbocycles. The molecule has 0 spiro atoms. The van der Waals surface area contributed by atoms with Gasteiger partial charge in [-0.15, -0.1) is 0 Å². The summed E-state index contributed by atoms with van der Waals surface area (Å²) < 4.78 is 0. The second kappa shape index (κ2) is 10.00. The molecule has 2 heteroatoms. The van der Waals surface area contributed by atoms with Gasteiger partial charge in [-0.3, -0.25) is 0 Å². The Morgan fingerprint density at radius 2 is 1.56 bits per heavy atom. The number of nitriles is 1. The summed E-state index contributed by atoms with van der Waals surface area (Å²) in [5.74, 6) is 0.971. The van der Waals surface area contributed by atoms with E-state index in [-0.39, 0.29) is 5.92 Å². The Balaban J connectivity index is 0.000000659. The van der Waals surface area contributed by atoms with Crippen molar-refractivity contribution in [3.8, 4) is 6.07 Å². The summed E-state index contributed by atoms with van der Waals surface area (Å²) in [5.41, 5.74) is 1.30. The third-order valence-corrected chi connectivity index (χ3v) is 3.55. The van der Waals surface area contributed by atoms with Crippen LogP contribution in [0.15, 0.2) is 12.3 Å². The first-order chi connectivity index (χ1) is 8.81. The molecule has 0 N–H and O–H groups in total. The Morgan fingerprint density at radius 3 is 2.00 bits per heavy atom. The van der Waals surface area contributed by atoms with Gasteiger partial charge in [0.25, 0.3) is 0 Å². The van der Waals surface area contributed by atoms with E-state index in [1.54, 1.807) is 0 Å². The summed E-state index contributed by atoms with van der Waals surface area (Å²) >= 11 is 0. The second-order valence-corrected chi connectivity index (χ2v) is 4.56. The fourth-order valence-corrected chi connectivity index (χ4v) is 2.49. The van der Waals surface area contributed by atoms with Crippen LogP contribution in [0.3, 0.4) is 0 Å². The summed E-state index contributed by atoms with van der Waals surface area (Å²) in [6, 6.07) is 2.31. The van der Waals surface area contributed by atoms with E-state index in [0.717, 1.165) is 13.1 Å². The Kier molecular flexibility index (Phi) is 9.46. The Labute approximate surface area is 114 Å². The summed E-state index contributed by atoms with van der Waals surface area (Å²) in [5, 5.41) is 8.69. The largest absolute Gasteiger partial charge is 0.372 e. The first kappa shape index (κ1) is 17.0. The predicted molar refractivity (Wildman–Crippen MR) is 79.1 cm³/mol. The van der Waals surface area contributed by atoms with Crippen molar-refractivity contribution in [3.05, 3.63) is 12.3 Å². The number of hydrogen-bond donors (Lipinski definition) is 0. The highest BCUT2D eigenvalue weighted by atomic mass is 15.2. The molecule has 1 heterocycles. The molecule has 2 fully saturated rings. The van der Waals surface area contributed by atoms with Gasteiger partial charge < -0.3 is 4.90 Å². The molecule has 2 rings (SSSR count). The highest BCUT2D eigenvalue weighted by Gasteiger charge is 2.30. The molecule has 104 valence electrons. The molecule has 1 aliphatic carbocycles. The van der Waals surface area contributed by atoms with Gasteiger partial charge >= 0.3 is 0 Å². The fraction of sp³-hybridized carbons (Fsp3) is 0.812. The van der Waals surface area contributed by atoms with Gasteiger partial charge in [0.05, 0.1) is 12.0 Å². The quantitative estimate of drug-likeness (QED) is 0.717. The fourth-order valence-electron chi connectivity index (χ4n) is 2.49. The van der Waals surface area contributed by atoms with E-state index in [4.69, 9.17) is 5.26 Å². The maximum Gasteiger partial charge on any atom is 0.0812 e. The normalized spacial score (nSPS) is 19.4. The van der Waals surface area contributed by atoms with E-state index in [1.807, 2.05) is 27.7 Å². The maximum absolute atomic E-state index is 8.69. The number of allylic oxidation sites excluding steroid dienone is 1. The van der Waals surface area contributed by atoms with Crippen LogP contribution in [0.1, 0.15) is 59.8 Å². The van der Waals surface area contributed by atoms with Crippen LogP contribution in [0, 0.1) is 23.2 Å². The van der Waals surface area contributed by atoms with Crippen LogP contribution >= 0.6 is 0 Å². The van der Waals surface area contributed by atoms with Crippen LogP contribution in [-0.2, 0) is 0 Å². The SMILES string of the molecule is C=C(C1CCCCC1)N1CC(C#N)C1.CC.CC. The molecular formula is C16H30N2. The van der Waals surface area contributed by atoms with Gasteiger partial charge in [0.2, 0.25) is 0 Å². The molecule has 0 aromatic carbocycles. The molecule has 1 saturated heterocycles. The van der Waals surface area contributed by atoms with Crippen LogP contribution in [0.25, 0.3) is 0 Å². The third kappa shape index (κ3) is 4.72. The van der Waals surface area contributed by atoms with Gasteiger partial charge in [-0.1, -0.05) is 53.5 Å². The average Bonchev–Trinajstić information content (AvgIpc) is 2.43. The van der Waals surface area contributed by atoms with Crippen LogP contribution in [0.5, 0.6) is 0 Å². The Hall–Kier alpha value is -0.970. The van der Waals surface area contributed by atoms with Crippen molar-refractivity contribution in [2.45, 2.75) is 59.8 Å². The summed E-state index contributed by atoms with van der Waals surface area (Å²) in [4.78, 5) is 2.30. The molecule has 0 aromatic rings. The first-order valence-electron chi connectivity index (χ1n) is 7.64. The third-order valence-electron chi connectivity index (χ3n) is 3.55. The summed E-state index contributed by atoms with van der Waals surface area (Å²) in [6.45, 7) is 14.0. The van der Waals surface area contributed by atoms with E-state index >= 15 is 0 Å². The summed E-state index contributed by atoms with van der Waals surface area (Å²) in [7, 11) is 0. The zero-order valence-corrected chi connectivity index (χ0v) is 12.7. The number of rotatable bonds is 2. The van der Waals surface area contributed by atoms with E-state index in [1.165, 1.54) is 37.8 Å². The van der Waals surface area contributed by atoms with Gasteiger partial charge in [-0.05, 0) is 18.8 Å². The average molecular weight is 250 g/mol. The summed E-state index contributed by atoms with van der Waals surface area (Å²) in [6.07, 6.45) is 6.74. The van der Waals surface area contributed by atoms with Crippen molar-refractivity contribution in [1.82, 2.24) is 4.90 Å². The van der Waals surface area contributed by atoms with Gasteiger partial charge in [-0.2, -0.15) is 5.26 Å². The van der Waals surface area contributed by atoms with Gasteiger partial charge in [0.15, 0.2) is 0 Å². The van der Waals surface area contributed by atoms with E-state index in [0.29, 0.717) is 5.92 Å². The topological polar surface area (TPSA) is 27.0 Å². The predicted octanol–water partition coefficient (Wildman–Crippen LogP) is 4.59. The second-order valence-electron chi connectivity index (χ2n) is 4.56. The lowest BCUT2D eigenvalue weighted by molar-refractivity contribution is 0.154. The Morgan fingerprint density at radius 1 is 1.06 bits per heavy atom. The van der Waals surface area contributed by atoms with E-state index in [9.17, 15) is 0 Å². The highest BCUT2D eigenvalue weighted by Crippen LogP contribution is 2.33. The van der Waals surface area contributed by atoms with Crippen molar-refractivity contribution in [2.24, 2.45) is 11.8 Å². The van der Waals surface area contributed by atoms with Crippen molar-refractivity contribution >= 4 is 0 Å². The van der Waals surface area contributed by atoms with Crippen molar-refractivity contribution in [2.75, 3.05) is 13.1 Å². The highest BCUT2D eigenvalue weighted by molar-refractivity contribution is 5.09. The zero-order valence-electron chi connectivity index (χ0n) is 12.7. The lowest BCUT2D eigenvalue weighted by atomic mass is 9.85. The van der Waals surface area contributed by atoms with Crippen LogP contribution in [-0.4, -0.2) is 18.0 Å². The zero-order chi connectivity index (χ0) is 14.0. The van der Waals surface area contributed by atoms with Crippen molar-refractivity contribution in [1.29, 1.82) is 5.26 Å². The molecule has 2 nitrogen and oxygen atoms in total. The van der Waals surface area contributed by atoms with Crippen LogP contribution < -0.4 is 0 Å². The molecule has 0 atom stereocenters. The molecule has 2 aliphatic rings. The number of nitrogens with zero attached hydrogens (tertiary/aromatic N) is 2. The van der Waals surface area contributed by atoms with Crippen LogP contribution in [0.2, 0.25) is 0 Å². The molecule has 0 radical (unpaired) electrons. The molecule has 18 heavy (non-hydrogen) atoms. The number of likely N-dealkylation sites (tertiary alicyclic amines) is 1. The van der Waals surface area contributed by atoms with Gasteiger partial charge in [0, 0.05) is 18.8 Å². The molecule has 1 aliphatic heterocycles. The van der Waals surface area contributed by atoms with E-state index in [2.05, 4.69) is 17.5 Å². The van der Waals surface area contributed by atoms with E-state index < -0.39 is 0 Å². The monoisotopic (exact) mass is 250 g/mol. The number of hydrogen-bond acceptors (Lipinski definition) is 2. The molecule has 0 unspecified atom stereocenters. The molecular weight excluding hydrogens is 220 g/mol. The lowest BCUT2D eigenvalue weighted by Crippen LogP contribution is -2.46. The minimum Gasteiger partial charge on any atom is -0.372 e. The minimum absolute atomic E-state index is 0.260. The maximum atomic E-state index is 8.69. The molecule has 0 aromatic heterocycles. The van der Waals surface area contributed by atoms with Crippen molar-refractivity contribution in [3.63, 3.8) is 0 Å². The Bertz CT molecular complexity index is 253. The van der Waals surface area contributed by atoms with Crippen LogP contribution in [0.4, 0.5) is 0 Å². The molecule has 0 bridgehead atoms. The smallest absolute Gasteiger partial charge is 0.0812 e. The standard InChI is InChI=1S/C12H18N2.2C2H6/c1-10(12-5-3-2-4-6-12)14-8-11(7-13)9-14;2*1-2/h11-12H,1-6,8-9H2;2*1-2H3. The van der Waals surface area contributed by atoms with Gasteiger partial charge in [0.1, 0.15) is 0 Å². The lowest BCUT2D eigenvalue weighted by Gasteiger charge is -2.42. The first-order valence-corrected chi connectivity index (χ1v) is 7.64. The minimum atomic E-state index is 0.260. The van der Waals surface area contributed by atoms with Gasteiger partial charge in [-0.25, -0.2) is 0 Å².